The lowest BCUT2D eigenvalue weighted by molar-refractivity contribution is 0.178. The molecule has 0 aliphatic carbocycles. The van der Waals surface area contributed by atoms with E-state index in [2.05, 4.69) is 36.1 Å². The third-order valence-electron chi connectivity index (χ3n) is 2.83. The molecule has 1 heterocycles. The third-order valence-corrected chi connectivity index (χ3v) is 3.02. The Morgan fingerprint density at radius 2 is 2.00 bits per heavy atom. The van der Waals surface area contributed by atoms with Crippen LogP contribution in [0, 0.1) is 5.92 Å². The maximum absolute atomic E-state index is 5.97. The molecule has 4 nitrogen and oxygen atoms in total. The van der Waals surface area contributed by atoms with Crippen LogP contribution in [-0.2, 0) is 11.3 Å². The number of halogens is 1. The van der Waals surface area contributed by atoms with Gasteiger partial charge in [-0.05, 0) is 19.3 Å². The van der Waals surface area contributed by atoms with E-state index in [0.29, 0.717) is 23.6 Å². The molecule has 1 aromatic rings. The number of anilines is 1. The number of nitrogens with one attached hydrogen (secondary N) is 1. The van der Waals surface area contributed by atoms with Gasteiger partial charge in [-0.2, -0.15) is 0 Å². The smallest absolute Gasteiger partial charge is 0.158 e. The molecule has 0 fully saturated rings. The molecule has 0 spiro atoms. The predicted molar refractivity (Wildman–Crippen MR) is 79.5 cm³/mol. The number of aromatic nitrogens is 2. The normalized spacial score (nSPS) is 12.7. The largest absolute Gasteiger partial charge is 0.377 e. The highest BCUT2D eigenvalue weighted by Gasteiger charge is 2.07. The summed E-state index contributed by atoms with van der Waals surface area (Å²) in [5.74, 6) is 2.13. The highest BCUT2D eigenvalue weighted by atomic mass is 35.5. The summed E-state index contributed by atoms with van der Waals surface area (Å²) in [6.07, 6.45) is 3.60. The first-order chi connectivity index (χ1) is 9.01. The molecule has 0 aliphatic heterocycles. The van der Waals surface area contributed by atoms with E-state index in [1.54, 1.807) is 13.2 Å². The van der Waals surface area contributed by atoms with Crippen LogP contribution in [0.4, 0.5) is 5.82 Å². The summed E-state index contributed by atoms with van der Waals surface area (Å²) in [5, 5.41) is 3.81. The Bertz CT molecular complexity index is 385. The molecule has 19 heavy (non-hydrogen) atoms. The quantitative estimate of drug-likeness (QED) is 0.736. The predicted octanol–water partition coefficient (Wildman–Crippen LogP) is 3.90. The Morgan fingerprint density at radius 3 is 2.63 bits per heavy atom. The van der Waals surface area contributed by atoms with Gasteiger partial charge in [-0.3, -0.25) is 0 Å². The summed E-state index contributed by atoms with van der Waals surface area (Å²) in [6.45, 7) is 7.03. The van der Waals surface area contributed by atoms with Gasteiger partial charge in [0.05, 0.1) is 0 Å². The number of nitrogens with zero attached hydrogens (tertiary/aromatic N) is 2. The summed E-state index contributed by atoms with van der Waals surface area (Å²) < 4.78 is 5.02. The van der Waals surface area contributed by atoms with Crippen LogP contribution in [0.2, 0.25) is 5.15 Å². The lowest BCUT2D eigenvalue weighted by Gasteiger charge is -2.15. The van der Waals surface area contributed by atoms with E-state index in [0.717, 1.165) is 18.2 Å². The minimum atomic E-state index is 0.372. The number of ether oxygens (including phenoxy) is 1. The molecule has 5 heteroatoms. The average molecular weight is 286 g/mol. The van der Waals surface area contributed by atoms with Crippen LogP contribution < -0.4 is 5.32 Å². The second-order valence-electron chi connectivity index (χ2n) is 5.30. The van der Waals surface area contributed by atoms with Gasteiger partial charge in [0.25, 0.3) is 0 Å². The first-order valence-electron chi connectivity index (χ1n) is 6.80. The Hall–Kier alpha value is -0.870. The fourth-order valence-electron chi connectivity index (χ4n) is 1.89. The van der Waals surface area contributed by atoms with Gasteiger partial charge in [0.2, 0.25) is 0 Å². The average Bonchev–Trinajstić information content (AvgIpc) is 2.27. The summed E-state index contributed by atoms with van der Waals surface area (Å²) in [7, 11) is 1.62. The van der Waals surface area contributed by atoms with Crippen molar-refractivity contribution in [3.63, 3.8) is 0 Å². The first-order valence-corrected chi connectivity index (χ1v) is 7.18. The zero-order valence-electron chi connectivity index (χ0n) is 12.2. The summed E-state index contributed by atoms with van der Waals surface area (Å²) in [5.41, 5.74) is 0. The van der Waals surface area contributed by atoms with E-state index in [1.807, 2.05) is 0 Å². The molecule has 108 valence electrons. The molecular formula is C14H24ClN3O. The van der Waals surface area contributed by atoms with Crippen molar-refractivity contribution in [1.29, 1.82) is 0 Å². The molecule has 1 rings (SSSR count). The fraction of sp³-hybridized carbons (Fsp3) is 0.714. The van der Waals surface area contributed by atoms with Crippen molar-refractivity contribution >= 4 is 17.4 Å². The molecule has 1 unspecified atom stereocenters. The lowest BCUT2D eigenvalue weighted by Crippen LogP contribution is -2.17. The van der Waals surface area contributed by atoms with Gasteiger partial charge in [0.1, 0.15) is 17.6 Å². The molecule has 1 atom stereocenters. The van der Waals surface area contributed by atoms with Gasteiger partial charge in [-0.25, -0.2) is 9.97 Å². The standard InChI is InChI=1S/C14H24ClN3O/c1-10(2)6-5-7-11(3)16-13-8-12(15)17-14(18-13)9-19-4/h8,10-11H,5-7,9H2,1-4H3,(H,16,17,18). The molecular weight excluding hydrogens is 262 g/mol. The number of hydrogen-bond donors (Lipinski definition) is 1. The minimum absolute atomic E-state index is 0.372. The molecule has 1 N–H and O–H groups in total. The van der Waals surface area contributed by atoms with Gasteiger partial charge in [0, 0.05) is 19.2 Å². The van der Waals surface area contributed by atoms with Crippen LogP contribution in [0.1, 0.15) is 45.9 Å². The Kier molecular flexibility index (Phi) is 7.10. The molecule has 0 saturated heterocycles. The Morgan fingerprint density at radius 1 is 1.26 bits per heavy atom. The van der Waals surface area contributed by atoms with E-state index in [9.17, 15) is 0 Å². The van der Waals surface area contributed by atoms with Gasteiger partial charge in [-0.1, -0.05) is 38.3 Å². The summed E-state index contributed by atoms with van der Waals surface area (Å²) >= 11 is 5.97. The number of hydrogen-bond acceptors (Lipinski definition) is 4. The molecule has 0 radical (unpaired) electrons. The maximum Gasteiger partial charge on any atom is 0.158 e. The summed E-state index contributed by atoms with van der Waals surface area (Å²) in [6, 6.07) is 2.12. The van der Waals surface area contributed by atoms with Crippen LogP contribution in [0.25, 0.3) is 0 Å². The highest BCUT2D eigenvalue weighted by molar-refractivity contribution is 6.29. The fourth-order valence-corrected chi connectivity index (χ4v) is 2.09. The molecule has 0 aliphatic rings. The minimum Gasteiger partial charge on any atom is -0.377 e. The molecule has 0 bridgehead atoms. The van der Waals surface area contributed by atoms with Crippen molar-refractivity contribution in [2.24, 2.45) is 5.92 Å². The highest BCUT2D eigenvalue weighted by Crippen LogP contribution is 2.15. The van der Waals surface area contributed by atoms with Gasteiger partial charge < -0.3 is 10.1 Å². The van der Waals surface area contributed by atoms with Gasteiger partial charge in [-0.15, -0.1) is 0 Å². The van der Waals surface area contributed by atoms with E-state index in [4.69, 9.17) is 16.3 Å². The van der Waals surface area contributed by atoms with E-state index < -0.39 is 0 Å². The van der Waals surface area contributed by atoms with E-state index >= 15 is 0 Å². The Balaban J connectivity index is 2.51. The second-order valence-corrected chi connectivity index (χ2v) is 5.68. The van der Waals surface area contributed by atoms with Crippen molar-refractivity contribution in [3.05, 3.63) is 17.0 Å². The third kappa shape index (κ3) is 6.73. The number of methoxy groups -OCH3 is 1. The second kappa shape index (κ2) is 8.33. The van der Waals surface area contributed by atoms with E-state index in [-0.39, 0.29) is 0 Å². The first kappa shape index (κ1) is 16.2. The zero-order valence-corrected chi connectivity index (χ0v) is 13.0. The van der Waals surface area contributed by atoms with Crippen LogP contribution in [0.15, 0.2) is 6.07 Å². The van der Waals surface area contributed by atoms with E-state index in [1.165, 1.54) is 12.8 Å². The van der Waals surface area contributed by atoms with Crippen molar-refractivity contribution in [2.75, 3.05) is 12.4 Å². The SMILES string of the molecule is COCc1nc(Cl)cc(NC(C)CCCC(C)C)n1. The zero-order chi connectivity index (χ0) is 14.3. The van der Waals surface area contributed by atoms with Crippen LogP contribution in [0.5, 0.6) is 0 Å². The molecule has 0 aromatic carbocycles. The van der Waals surface area contributed by atoms with Crippen molar-refractivity contribution in [1.82, 2.24) is 9.97 Å². The molecule has 1 aromatic heterocycles. The molecule has 0 amide bonds. The van der Waals surface area contributed by atoms with Gasteiger partial charge in [0.15, 0.2) is 5.82 Å². The topological polar surface area (TPSA) is 47.0 Å². The van der Waals surface area contributed by atoms with Crippen molar-refractivity contribution in [2.45, 2.75) is 52.7 Å². The lowest BCUT2D eigenvalue weighted by atomic mass is 10.0. The van der Waals surface area contributed by atoms with Crippen LogP contribution >= 0.6 is 11.6 Å². The molecule has 0 saturated carbocycles. The van der Waals surface area contributed by atoms with Crippen molar-refractivity contribution in [3.8, 4) is 0 Å². The van der Waals surface area contributed by atoms with Crippen LogP contribution in [-0.4, -0.2) is 23.1 Å². The maximum atomic E-state index is 5.97. The summed E-state index contributed by atoms with van der Waals surface area (Å²) in [4.78, 5) is 8.48. The van der Waals surface area contributed by atoms with Crippen LogP contribution in [0.3, 0.4) is 0 Å². The van der Waals surface area contributed by atoms with Crippen molar-refractivity contribution < 1.29 is 4.74 Å². The Labute approximate surface area is 120 Å². The van der Waals surface area contributed by atoms with Gasteiger partial charge >= 0.3 is 0 Å². The monoisotopic (exact) mass is 285 g/mol. The number of rotatable bonds is 8.